The number of nitrogens with zero attached hydrogens (tertiary/aromatic N) is 3. The van der Waals surface area contributed by atoms with E-state index in [1.807, 2.05) is 6.21 Å². The quantitative estimate of drug-likeness (QED) is 0.507. The minimum Gasteiger partial charge on any atom is -0.399 e. The van der Waals surface area contributed by atoms with Crippen molar-refractivity contribution in [2.45, 2.75) is 64.5 Å². The summed E-state index contributed by atoms with van der Waals surface area (Å²) in [5.74, 6) is 1.80. The maximum atomic E-state index is 4.91. The van der Waals surface area contributed by atoms with Crippen LogP contribution in [0.25, 0.3) is 10.9 Å². The lowest BCUT2D eigenvalue weighted by Crippen LogP contribution is -2.43. The molecule has 1 aliphatic carbocycles. The summed E-state index contributed by atoms with van der Waals surface area (Å²) in [5, 5.41) is 5.26. The van der Waals surface area contributed by atoms with Gasteiger partial charge in [-0.2, -0.15) is 0 Å². The van der Waals surface area contributed by atoms with Crippen LogP contribution < -0.4 is 0 Å². The molecule has 1 aromatic carbocycles. The molecule has 2 aromatic rings. The van der Waals surface area contributed by atoms with Gasteiger partial charge in [0.15, 0.2) is 0 Å². The number of hydrogen-bond acceptors (Lipinski definition) is 3. The summed E-state index contributed by atoms with van der Waals surface area (Å²) in [6.07, 6.45) is 12.2. The van der Waals surface area contributed by atoms with Crippen LogP contribution in [0.15, 0.2) is 35.6 Å². The number of piperidine rings is 1. The first-order valence-electron chi connectivity index (χ1n) is 11.1. The van der Waals surface area contributed by atoms with Crippen LogP contribution in [0.2, 0.25) is 0 Å². The molecule has 0 atom stereocenters. The van der Waals surface area contributed by atoms with E-state index < -0.39 is 0 Å². The van der Waals surface area contributed by atoms with Crippen molar-refractivity contribution in [1.29, 1.82) is 0 Å². The third-order valence-corrected chi connectivity index (χ3v) is 7.16. The van der Waals surface area contributed by atoms with E-state index in [1.54, 1.807) is 7.11 Å². The second kappa shape index (κ2) is 8.69. The predicted octanol–water partition coefficient (Wildman–Crippen LogP) is 5.47. The Morgan fingerprint density at radius 3 is 2.39 bits per heavy atom. The Morgan fingerprint density at radius 2 is 1.71 bits per heavy atom. The van der Waals surface area contributed by atoms with E-state index in [2.05, 4.69) is 58.9 Å². The van der Waals surface area contributed by atoms with Crippen LogP contribution in [0.4, 0.5) is 0 Å². The van der Waals surface area contributed by atoms with E-state index in [0.29, 0.717) is 6.04 Å². The molecule has 4 heteroatoms. The van der Waals surface area contributed by atoms with Crippen molar-refractivity contribution in [2.24, 2.45) is 17.0 Å². The Labute approximate surface area is 169 Å². The molecule has 2 fully saturated rings. The average molecular weight is 382 g/mol. The molecule has 4 rings (SSSR count). The highest BCUT2D eigenvalue weighted by atomic mass is 16.6. The van der Waals surface area contributed by atoms with Gasteiger partial charge in [0.05, 0.1) is 6.21 Å². The smallest absolute Gasteiger partial charge is 0.106 e. The normalized spacial score (nSPS) is 25.1. The van der Waals surface area contributed by atoms with Crippen LogP contribution in [-0.4, -0.2) is 41.9 Å². The molecule has 0 bridgehead atoms. The lowest BCUT2D eigenvalue weighted by Gasteiger charge is -2.42. The SMILES string of the molecule is CO/N=C/c1cn(C2CCN(C3CCC(C(C)C)CC3)CC2)c2ccccc12. The van der Waals surface area contributed by atoms with Crippen LogP contribution in [0.1, 0.15) is 64.0 Å². The summed E-state index contributed by atoms with van der Waals surface area (Å²) < 4.78 is 2.49. The lowest BCUT2D eigenvalue weighted by molar-refractivity contribution is 0.0894. The van der Waals surface area contributed by atoms with Crippen molar-refractivity contribution in [1.82, 2.24) is 9.47 Å². The zero-order chi connectivity index (χ0) is 19.5. The standard InChI is InChI=1S/C24H35N3O/c1-18(2)19-8-10-21(11-9-19)26-14-12-22(13-15-26)27-17-20(16-25-28-3)23-6-4-5-7-24(23)27/h4-7,16-19,21-22H,8-15H2,1-3H3/b25-16+. The van der Waals surface area contributed by atoms with E-state index in [1.165, 1.54) is 62.5 Å². The number of fused-ring (bicyclic) bond motifs is 1. The largest absolute Gasteiger partial charge is 0.399 e. The highest BCUT2D eigenvalue weighted by molar-refractivity contribution is 5.99. The molecule has 2 aliphatic rings. The molecular formula is C24H35N3O. The van der Waals surface area contributed by atoms with Crippen LogP contribution >= 0.6 is 0 Å². The minimum absolute atomic E-state index is 0.581. The van der Waals surface area contributed by atoms with Gasteiger partial charge in [0.25, 0.3) is 0 Å². The monoisotopic (exact) mass is 381 g/mol. The lowest BCUT2D eigenvalue weighted by atomic mass is 9.79. The molecule has 0 radical (unpaired) electrons. The number of aromatic nitrogens is 1. The molecule has 4 nitrogen and oxygen atoms in total. The number of rotatable bonds is 5. The van der Waals surface area contributed by atoms with Gasteiger partial charge in [-0.3, -0.25) is 0 Å². The van der Waals surface area contributed by atoms with Gasteiger partial charge in [-0.25, -0.2) is 0 Å². The molecule has 152 valence electrons. The van der Waals surface area contributed by atoms with Crippen molar-refractivity contribution in [3.63, 3.8) is 0 Å². The molecule has 0 amide bonds. The molecule has 1 aliphatic heterocycles. The van der Waals surface area contributed by atoms with Crippen LogP contribution in [0.3, 0.4) is 0 Å². The van der Waals surface area contributed by atoms with Gasteiger partial charge in [-0.15, -0.1) is 0 Å². The number of benzene rings is 1. The molecule has 1 saturated carbocycles. The summed E-state index contributed by atoms with van der Waals surface area (Å²) in [6, 6.07) is 10.1. The maximum absolute atomic E-state index is 4.91. The number of likely N-dealkylation sites (tertiary alicyclic amines) is 1. The number of hydrogen-bond donors (Lipinski definition) is 0. The third kappa shape index (κ3) is 3.98. The second-order valence-corrected chi connectivity index (χ2v) is 9.01. The Hall–Kier alpha value is -1.81. The van der Waals surface area contributed by atoms with Gasteiger partial charge in [0, 0.05) is 47.8 Å². The zero-order valence-corrected chi connectivity index (χ0v) is 17.7. The third-order valence-electron chi connectivity index (χ3n) is 7.16. The van der Waals surface area contributed by atoms with Crippen LogP contribution in [0, 0.1) is 11.8 Å². The van der Waals surface area contributed by atoms with Gasteiger partial charge in [0.2, 0.25) is 0 Å². The van der Waals surface area contributed by atoms with Gasteiger partial charge in [-0.05, 0) is 56.4 Å². The Balaban J connectivity index is 1.42. The van der Waals surface area contributed by atoms with Gasteiger partial charge >= 0.3 is 0 Å². The summed E-state index contributed by atoms with van der Waals surface area (Å²) >= 11 is 0. The Bertz CT molecular complexity index is 793. The van der Waals surface area contributed by atoms with Crippen molar-refractivity contribution < 1.29 is 4.84 Å². The van der Waals surface area contributed by atoms with Crippen molar-refractivity contribution in [3.8, 4) is 0 Å². The average Bonchev–Trinajstić information content (AvgIpc) is 3.11. The molecular weight excluding hydrogens is 346 g/mol. The maximum Gasteiger partial charge on any atom is 0.106 e. The molecule has 0 unspecified atom stereocenters. The van der Waals surface area contributed by atoms with E-state index in [4.69, 9.17) is 4.84 Å². The summed E-state index contributed by atoms with van der Waals surface area (Å²) in [5.41, 5.74) is 2.46. The molecule has 0 N–H and O–H groups in total. The summed E-state index contributed by atoms with van der Waals surface area (Å²) in [7, 11) is 1.60. The Kier molecular flexibility index (Phi) is 6.05. The zero-order valence-electron chi connectivity index (χ0n) is 17.7. The van der Waals surface area contributed by atoms with E-state index in [-0.39, 0.29) is 0 Å². The summed E-state index contributed by atoms with van der Waals surface area (Å²) in [6.45, 7) is 7.25. The van der Waals surface area contributed by atoms with Crippen molar-refractivity contribution >= 4 is 17.1 Å². The summed E-state index contributed by atoms with van der Waals surface area (Å²) in [4.78, 5) is 7.69. The highest BCUT2D eigenvalue weighted by Gasteiger charge is 2.30. The first kappa shape index (κ1) is 19.5. The number of para-hydroxylation sites is 1. The van der Waals surface area contributed by atoms with E-state index in [9.17, 15) is 0 Å². The van der Waals surface area contributed by atoms with Gasteiger partial charge in [-0.1, -0.05) is 37.2 Å². The fraction of sp³-hybridized carbons (Fsp3) is 0.625. The fourth-order valence-corrected chi connectivity index (χ4v) is 5.41. The van der Waals surface area contributed by atoms with Crippen LogP contribution in [-0.2, 0) is 4.84 Å². The second-order valence-electron chi connectivity index (χ2n) is 9.01. The highest BCUT2D eigenvalue weighted by Crippen LogP contribution is 2.35. The molecule has 28 heavy (non-hydrogen) atoms. The van der Waals surface area contributed by atoms with Gasteiger partial charge in [0.1, 0.15) is 7.11 Å². The molecule has 0 spiro atoms. The first-order valence-corrected chi connectivity index (χ1v) is 11.1. The topological polar surface area (TPSA) is 29.8 Å². The van der Waals surface area contributed by atoms with E-state index in [0.717, 1.165) is 23.4 Å². The van der Waals surface area contributed by atoms with Crippen molar-refractivity contribution in [2.75, 3.05) is 20.2 Å². The van der Waals surface area contributed by atoms with E-state index >= 15 is 0 Å². The van der Waals surface area contributed by atoms with Crippen molar-refractivity contribution in [3.05, 3.63) is 36.0 Å². The predicted molar refractivity (Wildman–Crippen MR) is 117 cm³/mol. The minimum atomic E-state index is 0.581. The molecule has 1 aromatic heterocycles. The first-order chi connectivity index (χ1) is 13.7. The Morgan fingerprint density at radius 1 is 1.00 bits per heavy atom. The van der Waals surface area contributed by atoms with Crippen LogP contribution in [0.5, 0.6) is 0 Å². The molecule has 2 heterocycles. The van der Waals surface area contributed by atoms with Gasteiger partial charge < -0.3 is 14.3 Å². The molecule has 1 saturated heterocycles. The fourth-order valence-electron chi connectivity index (χ4n) is 5.41. The number of oxime groups is 1.